The Bertz CT molecular complexity index is 1440. The van der Waals surface area contributed by atoms with Gasteiger partial charge >= 0.3 is 5.97 Å². The van der Waals surface area contributed by atoms with Crippen LogP contribution in [0.4, 0.5) is 5.13 Å². The van der Waals surface area contributed by atoms with Gasteiger partial charge in [-0.2, -0.15) is 0 Å². The van der Waals surface area contributed by atoms with Crippen LogP contribution in [0.1, 0.15) is 10.7 Å². The molecule has 2 atom stereocenters. The Morgan fingerprint density at radius 2 is 2.10 bits per heavy atom. The molecule has 1 saturated heterocycles. The number of carbonyl (C=O) groups excluding carboxylic acids is 5. The third kappa shape index (κ3) is 6.99. The fraction of sp³-hybridized carbons (Fsp3) is 0.300. The Morgan fingerprint density at radius 1 is 1.29 bits per heavy atom. The number of anilines is 1. The number of β-lactam (4-membered cyclic amide) rings is 1. The lowest BCUT2D eigenvalue weighted by molar-refractivity contribution is -0.150. The van der Waals surface area contributed by atoms with Crippen LogP contribution in [-0.2, 0) is 33.6 Å². The van der Waals surface area contributed by atoms with Crippen LogP contribution >= 0.6 is 46.2 Å². The van der Waals surface area contributed by atoms with E-state index in [1.165, 1.54) is 40.2 Å². The van der Waals surface area contributed by atoms with Gasteiger partial charge < -0.3 is 20.6 Å². The monoisotopic (exact) mass is 641 g/mol. The number of oxime groups is 1. The topological polar surface area (TPSA) is 234 Å². The van der Waals surface area contributed by atoms with E-state index in [-0.39, 0.29) is 22.9 Å². The number of carboxylic acids is 1. The number of hydrazine groups is 1. The molecule has 1 fully saturated rings. The largest absolute Gasteiger partial charge is 0.477 e. The van der Waals surface area contributed by atoms with Crippen LogP contribution in [-0.4, -0.2) is 96.9 Å². The second-order valence-corrected chi connectivity index (χ2v) is 12.2. The van der Waals surface area contributed by atoms with Gasteiger partial charge in [0.25, 0.3) is 17.7 Å². The molecule has 4 rings (SSSR count). The number of hydrogen-bond donors (Lipinski definition) is 5. The third-order valence-electron chi connectivity index (χ3n) is 5.18. The van der Waals surface area contributed by atoms with Crippen molar-refractivity contribution in [2.24, 2.45) is 5.16 Å². The average molecular weight is 642 g/mol. The normalized spacial score (nSPS) is 18.1. The number of aryl methyl sites for hydroxylation is 1. The highest BCUT2D eigenvalue weighted by Gasteiger charge is 2.54. The van der Waals surface area contributed by atoms with Gasteiger partial charge in [0, 0.05) is 16.9 Å². The van der Waals surface area contributed by atoms with Gasteiger partial charge in [-0.25, -0.2) is 9.78 Å². The summed E-state index contributed by atoms with van der Waals surface area (Å²) in [6.07, 6.45) is 0.614. The molecule has 4 heterocycles. The van der Waals surface area contributed by atoms with Gasteiger partial charge in [0.05, 0.1) is 0 Å². The van der Waals surface area contributed by atoms with E-state index >= 15 is 0 Å². The molecule has 2 aromatic rings. The Balaban J connectivity index is 1.48. The number of carboxylic acid groups (broad SMARTS) is 1. The number of amides is 5. The number of nitrogens with zero attached hydrogens (tertiary/aromatic N) is 5. The number of nitrogens with one attached hydrogen (secondary N) is 4. The zero-order valence-electron chi connectivity index (χ0n) is 20.7. The predicted molar refractivity (Wildman–Crippen MR) is 147 cm³/mol. The summed E-state index contributed by atoms with van der Waals surface area (Å²) in [6, 6.07) is -1.08. The van der Waals surface area contributed by atoms with Gasteiger partial charge in [-0.15, -0.1) is 33.3 Å². The molecule has 2 aliphatic rings. The van der Waals surface area contributed by atoms with Gasteiger partial charge in [0.1, 0.15) is 27.8 Å². The van der Waals surface area contributed by atoms with Crippen LogP contribution in [0.15, 0.2) is 26.1 Å². The summed E-state index contributed by atoms with van der Waals surface area (Å²) in [6.45, 7) is 1.12. The van der Waals surface area contributed by atoms with Gasteiger partial charge in [0.15, 0.2) is 21.8 Å². The maximum Gasteiger partial charge on any atom is 0.352 e. The van der Waals surface area contributed by atoms with E-state index in [1.54, 1.807) is 6.92 Å². The summed E-state index contributed by atoms with van der Waals surface area (Å²) in [4.78, 5) is 81.2. The minimum atomic E-state index is -1.27. The smallest absolute Gasteiger partial charge is 0.352 e. The highest BCUT2D eigenvalue weighted by Crippen LogP contribution is 2.41. The molecule has 41 heavy (non-hydrogen) atoms. The molecular weight excluding hydrogens is 623 g/mol. The van der Waals surface area contributed by atoms with Crippen molar-refractivity contribution in [3.05, 3.63) is 27.4 Å². The van der Waals surface area contributed by atoms with Crippen LogP contribution in [0.2, 0.25) is 0 Å². The van der Waals surface area contributed by atoms with Crippen LogP contribution in [0.5, 0.6) is 0 Å². The van der Waals surface area contributed by atoms with E-state index in [0.717, 1.165) is 21.2 Å². The van der Waals surface area contributed by atoms with Gasteiger partial charge in [-0.3, -0.25) is 39.7 Å². The van der Waals surface area contributed by atoms with Gasteiger partial charge in [-0.1, -0.05) is 28.3 Å². The zero-order chi connectivity index (χ0) is 29.5. The molecule has 0 radical (unpaired) electrons. The van der Waals surface area contributed by atoms with Crippen molar-refractivity contribution < 1.29 is 38.7 Å². The quantitative estimate of drug-likeness (QED) is 0.0542. The molecule has 216 valence electrons. The SMILES string of the molecule is Cc1nnc(SCC2=C(C(=O)O)N3C(=O)C(NC(=O)C(=NOCC(=O)NNC=O)c4csc(NC=O)n4)[C@H]3SC2)s1. The molecule has 5 N–H and O–H groups in total. The van der Waals surface area contributed by atoms with Crippen LogP contribution in [0.3, 0.4) is 0 Å². The molecule has 21 heteroatoms. The molecule has 17 nitrogen and oxygen atoms in total. The molecule has 2 aromatic heterocycles. The van der Waals surface area contributed by atoms with Crippen LogP contribution < -0.4 is 21.5 Å². The Hall–Kier alpha value is -4.08. The summed E-state index contributed by atoms with van der Waals surface area (Å²) in [5.74, 6) is -2.99. The number of thioether (sulfide) groups is 2. The lowest BCUT2D eigenvalue weighted by atomic mass is 10.0. The summed E-state index contributed by atoms with van der Waals surface area (Å²) in [5.41, 5.74) is 3.86. The number of hydrogen-bond acceptors (Lipinski definition) is 15. The molecule has 0 aromatic carbocycles. The highest BCUT2D eigenvalue weighted by atomic mass is 32.2. The highest BCUT2D eigenvalue weighted by molar-refractivity contribution is 8.01. The first-order valence-corrected chi connectivity index (χ1v) is 14.9. The maximum atomic E-state index is 13.2. The number of thiazole rings is 1. The molecule has 0 bridgehead atoms. The molecule has 0 saturated carbocycles. The number of carbonyl (C=O) groups is 6. The summed E-state index contributed by atoms with van der Waals surface area (Å²) in [5, 5.41) is 28.0. The average Bonchev–Trinajstić information content (AvgIpc) is 3.59. The summed E-state index contributed by atoms with van der Waals surface area (Å²) >= 11 is 4.96. The first kappa shape index (κ1) is 29.9. The van der Waals surface area contributed by atoms with E-state index in [2.05, 4.69) is 31.0 Å². The molecule has 2 aliphatic heterocycles. The number of aromatic nitrogens is 3. The lowest BCUT2D eigenvalue weighted by Gasteiger charge is -2.49. The van der Waals surface area contributed by atoms with Crippen molar-refractivity contribution in [3.63, 3.8) is 0 Å². The number of rotatable bonds is 14. The third-order valence-corrected chi connectivity index (χ3v) is 9.35. The predicted octanol–water partition coefficient (Wildman–Crippen LogP) is -1.10. The standard InChI is InChI=1S/C20H19N9O8S4/c1-8-25-27-20(41-8)40-4-9-3-38-17-13(16(34)29(17)14(9)18(35)36)24-15(33)12(10-5-39-19(23-10)21-6-30)28-37-2-11(32)26-22-7-31/h5-7,13,17H,2-4H2,1H3,(H,22,31)(H,24,33)(H,26,32)(H,35,36)(H,21,23,30)/t13?,17-/m1/s1. The van der Waals surface area contributed by atoms with E-state index in [4.69, 9.17) is 4.84 Å². The lowest BCUT2D eigenvalue weighted by Crippen LogP contribution is -2.71. The zero-order valence-corrected chi connectivity index (χ0v) is 23.9. The van der Waals surface area contributed by atoms with Crippen molar-refractivity contribution in [1.82, 2.24) is 36.2 Å². The minimum absolute atomic E-state index is 0.0273. The van der Waals surface area contributed by atoms with E-state index in [1.807, 2.05) is 10.9 Å². The molecular formula is C20H19N9O8S4. The van der Waals surface area contributed by atoms with E-state index in [9.17, 15) is 33.9 Å². The van der Waals surface area contributed by atoms with Crippen molar-refractivity contribution in [1.29, 1.82) is 0 Å². The fourth-order valence-electron chi connectivity index (χ4n) is 3.49. The minimum Gasteiger partial charge on any atom is -0.477 e. The molecule has 0 aliphatic carbocycles. The van der Waals surface area contributed by atoms with Crippen molar-refractivity contribution in [2.75, 3.05) is 23.4 Å². The van der Waals surface area contributed by atoms with Crippen LogP contribution in [0.25, 0.3) is 0 Å². The van der Waals surface area contributed by atoms with E-state index < -0.39 is 47.4 Å². The second kappa shape index (κ2) is 13.5. The Kier molecular flexibility index (Phi) is 9.86. The number of fused-ring (bicyclic) bond motifs is 1. The molecule has 5 amide bonds. The summed E-state index contributed by atoms with van der Waals surface area (Å²) < 4.78 is 0.673. The second-order valence-electron chi connectivity index (χ2n) is 7.82. The van der Waals surface area contributed by atoms with Crippen molar-refractivity contribution in [2.45, 2.75) is 22.7 Å². The van der Waals surface area contributed by atoms with Gasteiger partial charge in [-0.05, 0) is 12.5 Å². The fourth-order valence-corrected chi connectivity index (χ4v) is 7.45. The molecule has 1 unspecified atom stereocenters. The number of aliphatic carboxylic acids is 1. The Labute approximate surface area is 246 Å². The first-order valence-electron chi connectivity index (χ1n) is 11.2. The Morgan fingerprint density at radius 3 is 2.78 bits per heavy atom. The molecule has 0 spiro atoms. The van der Waals surface area contributed by atoms with Crippen molar-refractivity contribution >= 4 is 93.6 Å². The first-order chi connectivity index (χ1) is 19.7. The van der Waals surface area contributed by atoms with Gasteiger partial charge in [0.2, 0.25) is 12.8 Å². The van der Waals surface area contributed by atoms with E-state index in [0.29, 0.717) is 27.8 Å². The summed E-state index contributed by atoms with van der Waals surface area (Å²) in [7, 11) is 0. The van der Waals surface area contributed by atoms with Crippen LogP contribution in [0, 0.1) is 6.92 Å². The van der Waals surface area contributed by atoms with Crippen molar-refractivity contribution in [3.8, 4) is 0 Å². The maximum absolute atomic E-state index is 13.2.